The van der Waals surface area contributed by atoms with E-state index in [0.717, 1.165) is 75.2 Å². The lowest BCUT2D eigenvalue weighted by Crippen LogP contribution is -2.47. The molecular formula is C29H45N5O2. The van der Waals surface area contributed by atoms with Gasteiger partial charge in [-0.05, 0) is 44.4 Å². The molecule has 1 amide bonds. The van der Waals surface area contributed by atoms with Crippen LogP contribution in [0.25, 0.3) is 5.69 Å². The molecule has 7 nitrogen and oxygen atoms in total. The zero-order chi connectivity index (χ0) is 25.3. The van der Waals surface area contributed by atoms with Crippen LogP contribution in [0.3, 0.4) is 0 Å². The number of nitrogens with zero attached hydrogens (tertiary/aromatic N) is 5. The Bertz CT molecular complexity index is 946. The summed E-state index contributed by atoms with van der Waals surface area (Å²) < 4.78 is 7.42. The molecule has 0 N–H and O–H groups in total. The predicted octanol–water partition coefficient (Wildman–Crippen LogP) is 4.66. The van der Waals surface area contributed by atoms with Crippen LogP contribution in [0, 0.1) is 12.8 Å². The van der Waals surface area contributed by atoms with Crippen molar-refractivity contribution in [1.29, 1.82) is 0 Å². The molecule has 4 rings (SSSR count). The smallest absolute Gasteiger partial charge is 0.222 e. The zero-order valence-corrected chi connectivity index (χ0v) is 22.6. The Morgan fingerprint density at radius 2 is 1.83 bits per heavy atom. The minimum atomic E-state index is 0.270. The Kier molecular flexibility index (Phi) is 9.82. The minimum Gasteiger partial charge on any atom is -0.385 e. The van der Waals surface area contributed by atoms with Gasteiger partial charge in [-0.25, -0.2) is 4.68 Å². The fourth-order valence-corrected chi connectivity index (χ4v) is 5.75. The van der Waals surface area contributed by atoms with Gasteiger partial charge >= 0.3 is 0 Å². The van der Waals surface area contributed by atoms with E-state index in [0.29, 0.717) is 19.6 Å². The molecular weight excluding hydrogens is 450 g/mol. The number of rotatable bonds is 12. The van der Waals surface area contributed by atoms with Gasteiger partial charge in [-0.1, -0.05) is 50.8 Å². The van der Waals surface area contributed by atoms with Gasteiger partial charge in [-0.2, -0.15) is 5.10 Å². The number of aryl methyl sites for hydroxylation is 1. The minimum absolute atomic E-state index is 0.270. The molecule has 198 valence electrons. The van der Waals surface area contributed by atoms with Crippen molar-refractivity contribution in [2.24, 2.45) is 5.92 Å². The molecule has 1 aliphatic carbocycles. The summed E-state index contributed by atoms with van der Waals surface area (Å²) in [5.41, 5.74) is 3.25. The second-order valence-electron chi connectivity index (χ2n) is 10.4. The third-order valence-corrected chi connectivity index (χ3v) is 8.00. The number of methoxy groups -OCH3 is 1. The van der Waals surface area contributed by atoms with Crippen LogP contribution in [-0.4, -0.2) is 78.5 Å². The van der Waals surface area contributed by atoms with E-state index in [1.54, 1.807) is 7.11 Å². The molecule has 0 radical (unpaired) electrons. The first-order valence-corrected chi connectivity index (χ1v) is 14.0. The largest absolute Gasteiger partial charge is 0.385 e. The molecule has 1 aromatic carbocycles. The summed E-state index contributed by atoms with van der Waals surface area (Å²) in [5.74, 6) is 2.14. The van der Waals surface area contributed by atoms with E-state index >= 15 is 0 Å². The number of amides is 1. The number of ether oxygens (including phenoxy) is 1. The van der Waals surface area contributed by atoms with Gasteiger partial charge in [0.1, 0.15) is 5.82 Å². The van der Waals surface area contributed by atoms with Gasteiger partial charge in [-0.3, -0.25) is 4.79 Å². The number of anilines is 1. The van der Waals surface area contributed by atoms with E-state index in [1.165, 1.54) is 31.2 Å². The lowest BCUT2D eigenvalue weighted by molar-refractivity contribution is -0.132. The summed E-state index contributed by atoms with van der Waals surface area (Å²) in [6.07, 6.45) is 7.73. The van der Waals surface area contributed by atoms with Crippen molar-refractivity contribution in [2.45, 2.75) is 65.3 Å². The number of hydrogen-bond donors (Lipinski definition) is 0. The Hall–Kier alpha value is -2.38. The average Bonchev–Trinajstić information content (AvgIpc) is 3.55. The first-order valence-electron chi connectivity index (χ1n) is 14.0. The van der Waals surface area contributed by atoms with Crippen LogP contribution in [0.1, 0.15) is 63.1 Å². The first-order chi connectivity index (χ1) is 17.6. The van der Waals surface area contributed by atoms with Gasteiger partial charge in [0.2, 0.25) is 5.91 Å². The van der Waals surface area contributed by atoms with Gasteiger partial charge < -0.3 is 19.4 Å². The normalized spacial score (nSPS) is 17.1. The van der Waals surface area contributed by atoms with Crippen LogP contribution >= 0.6 is 0 Å². The maximum absolute atomic E-state index is 13.5. The van der Waals surface area contributed by atoms with Crippen LogP contribution in [0.2, 0.25) is 0 Å². The van der Waals surface area contributed by atoms with E-state index in [4.69, 9.17) is 9.84 Å². The van der Waals surface area contributed by atoms with E-state index in [9.17, 15) is 4.79 Å². The highest BCUT2D eigenvalue weighted by atomic mass is 16.5. The van der Waals surface area contributed by atoms with Crippen LogP contribution in [0.5, 0.6) is 0 Å². The molecule has 2 fully saturated rings. The summed E-state index contributed by atoms with van der Waals surface area (Å²) >= 11 is 0. The summed E-state index contributed by atoms with van der Waals surface area (Å²) in [6, 6.07) is 10.4. The van der Waals surface area contributed by atoms with Crippen molar-refractivity contribution in [3.8, 4) is 5.69 Å². The summed E-state index contributed by atoms with van der Waals surface area (Å²) in [7, 11) is 1.73. The fourth-order valence-electron chi connectivity index (χ4n) is 5.75. The van der Waals surface area contributed by atoms with Crippen molar-refractivity contribution < 1.29 is 9.53 Å². The highest BCUT2D eigenvalue weighted by Crippen LogP contribution is 2.31. The lowest BCUT2D eigenvalue weighted by Gasteiger charge is -2.36. The number of piperazine rings is 1. The SMILES string of the molecule is CCN1CCN(c2c(CN(CCCOC)C(=O)CCC3CCCC3)c(C)nn2-c2ccccc2)CC1. The standard InChI is InChI=1S/C29H45N5O2/c1-4-31-18-20-32(21-19-31)29-27(24(2)30-34(29)26-13-6-5-7-14-26)23-33(17-10-22-36-3)28(35)16-15-25-11-8-9-12-25/h5-7,13-14,25H,4,8-12,15-23H2,1-3H3. The van der Waals surface area contributed by atoms with Gasteiger partial charge in [-0.15, -0.1) is 0 Å². The zero-order valence-electron chi connectivity index (χ0n) is 22.6. The Balaban J connectivity index is 1.60. The Morgan fingerprint density at radius 3 is 2.50 bits per heavy atom. The maximum atomic E-state index is 13.5. The molecule has 2 aromatic rings. The number of hydrogen-bond acceptors (Lipinski definition) is 5. The third-order valence-electron chi connectivity index (χ3n) is 8.00. The number of likely N-dealkylation sites (N-methyl/N-ethyl adjacent to an activating group) is 1. The van der Waals surface area contributed by atoms with Crippen LogP contribution in [0.15, 0.2) is 30.3 Å². The number of para-hydroxylation sites is 1. The quantitative estimate of drug-likeness (QED) is 0.401. The van der Waals surface area contributed by atoms with E-state index in [1.807, 2.05) is 6.07 Å². The number of aromatic nitrogens is 2. The van der Waals surface area contributed by atoms with Crippen LogP contribution in [0.4, 0.5) is 5.82 Å². The summed E-state index contributed by atoms with van der Waals surface area (Å²) in [5, 5.41) is 5.01. The van der Waals surface area contributed by atoms with Crippen molar-refractivity contribution in [3.05, 3.63) is 41.6 Å². The van der Waals surface area contributed by atoms with Gasteiger partial charge in [0.15, 0.2) is 0 Å². The highest BCUT2D eigenvalue weighted by Gasteiger charge is 2.28. The maximum Gasteiger partial charge on any atom is 0.222 e. The van der Waals surface area contributed by atoms with E-state index < -0.39 is 0 Å². The second-order valence-corrected chi connectivity index (χ2v) is 10.4. The lowest BCUT2D eigenvalue weighted by atomic mass is 10.0. The molecule has 2 heterocycles. The molecule has 0 unspecified atom stereocenters. The summed E-state index contributed by atoms with van der Waals surface area (Å²) in [6.45, 7) is 11.4. The number of carbonyl (C=O) groups excluding carboxylic acids is 1. The molecule has 1 aromatic heterocycles. The molecule has 0 spiro atoms. The van der Waals surface area contributed by atoms with Crippen molar-refractivity contribution in [2.75, 3.05) is 57.9 Å². The molecule has 0 atom stereocenters. The monoisotopic (exact) mass is 495 g/mol. The van der Waals surface area contributed by atoms with Gasteiger partial charge in [0.25, 0.3) is 0 Å². The predicted molar refractivity (Wildman–Crippen MR) is 146 cm³/mol. The van der Waals surface area contributed by atoms with Gasteiger partial charge in [0.05, 0.1) is 17.9 Å². The number of carbonyl (C=O) groups is 1. The molecule has 1 aliphatic heterocycles. The van der Waals surface area contributed by atoms with E-state index in [-0.39, 0.29) is 5.91 Å². The third kappa shape index (κ3) is 6.68. The fraction of sp³-hybridized carbons (Fsp3) is 0.655. The van der Waals surface area contributed by atoms with Crippen molar-refractivity contribution in [3.63, 3.8) is 0 Å². The molecule has 0 bridgehead atoms. The molecule has 7 heteroatoms. The first kappa shape index (κ1) is 26.7. The molecule has 1 saturated carbocycles. The Labute approximate surface area is 217 Å². The Morgan fingerprint density at radius 1 is 1.11 bits per heavy atom. The molecule has 1 saturated heterocycles. The van der Waals surface area contributed by atoms with Crippen molar-refractivity contribution >= 4 is 11.7 Å². The molecule has 36 heavy (non-hydrogen) atoms. The van der Waals surface area contributed by atoms with E-state index in [2.05, 4.69) is 57.5 Å². The van der Waals surface area contributed by atoms with Crippen LogP contribution in [-0.2, 0) is 16.1 Å². The molecule has 2 aliphatic rings. The summed E-state index contributed by atoms with van der Waals surface area (Å²) in [4.78, 5) is 20.5. The number of benzene rings is 1. The van der Waals surface area contributed by atoms with Crippen LogP contribution < -0.4 is 4.90 Å². The second kappa shape index (κ2) is 13.2. The average molecular weight is 496 g/mol. The highest BCUT2D eigenvalue weighted by molar-refractivity contribution is 5.76. The van der Waals surface area contributed by atoms with Gasteiger partial charge in [0, 0.05) is 58.4 Å². The van der Waals surface area contributed by atoms with Crippen molar-refractivity contribution in [1.82, 2.24) is 19.6 Å². The topological polar surface area (TPSA) is 53.8 Å².